The lowest BCUT2D eigenvalue weighted by Gasteiger charge is -2.22. The number of ether oxygens (including phenoxy) is 1. The SMILES string of the molecule is CCCCC/C=C\C/C=C\CCCCCCCCCCCC(=O)OCCCCCCCCCCCCCC/C=C\CCCCCCCCCCCCCCCCCCCC(=O)NC(CO)C(O)CCCCCCCCCCCCCCCCCC. The molecule has 1 amide bonds. The Morgan fingerprint density at radius 2 is 0.588 bits per heavy atom. The Morgan fingerprint density at radius 3 is 0.929 bits per heavy atom. The lowest BCUT2D eigenvalue weighted by molar-refractivity contribution is -0.143. The van der Waals surface area contributed by atoms with Crippen LogP contribution in [0.1, 0.15) is 431 Å². The zero-order valence-electron chi connectivity index (χ0n) is 57.6. The first kappa shape index (κ1) is 83.1. The molecule has 0 rings (SSSR count). The molecule has 2 atom stereocenters. The third kappa shape index (κ3) is 71.0. The van der Waals surface area contributed by atoms with Gasteiger partial charge >= 0.3 is 5.97 Å². The third-order valence-electron chi connectivity index (χ3n) is 18.2. The van der Waals surface area contributed by atoms with Crippen LogP contribution in [0.2, 0.25) is 0 Å². The van der Waals surface area contributed by atoms with Crippen LogP contribution in [0.4, 0.5) is 0 Å². The molecule has 0 saturated carbocycles. The fourth-order valence-electron chi connectivity index (χ4n) is 12.3. The number of nitrogens with one attached hydrogen (secondary N) is 1. The van der Waals surface area contributed by atoms with Crippen LogP contribution in [-0.4, -0.2) is 47.4 Å². The maximum atomic E-state index is 12.5. The summed E-state index contributed by atoms with van der Waals surface area (Å²) in [5.41, 5.74) is 0. The van der Waals surface area contributed by atoms with Gasteiger partial charge in [-0.25, -0.2) is 0 Å². The van der Waals surface area contributed by atoms with Crippen LogP contribution >= 0.6 is 0 Å². The van der Waals surface area contributed by atoms with Gasteiger partial charge in [0.05, 0.1) is 25.4 Å². The molecule has 0 aliphatic heterocycles. The van der Waals surface area contributed by atoms with Gasteiger partial charge in [0.1, 0.15) is 0 Å². The second-order valence-electron chi connectivity index (χ2n) is 26.7. The summed E-state index contributed by atoms with van der Waals surface area (Å²) >= 11 is 0. The molecule has 0 radical (unpaired) electrons. The van der Waals surface area contributed by atoms with Crippen molar-refractivity contribution in [3.05, 3.63) is 36.5 Å². The second-order valence-corrected chi connectivity index (χ2v) is 26.7. The number of aliphatic hydroxyl groups excluding tert-OH is 2. The number of carbonyl (C=O) groups is 2. The highest BCUT2D eigenvalue weighted by Gasteiger charge is 2.20. The fourth-order valence-corrected chi connectivity index (χ4v) is 12.3. The molecule has 502 valence electrons. The van der Waals surface area contributed by atoms with Gasteiger partial charge in [-0.1, -0.05) is 371 Å². The van der Waals surface area contributed by atoms with Crippen LogP contribution in [0.3, 0.4) is 0 Å². The van der Waals surface area contributed by atoms with Crippen molar-refractivity contribution >= 4 is 11.9 Å². The molecular formula is C79H151NO5. The zero-order valence-corrected chi connectivity index (χ0v) is 57.6. The quantitative estimate of drug-likeness (QED) is 0.0320. The Bertz CT molecular complexity index is 1380. The monoisotopic (exact) mass is 1190 g/mol. The van der Waals surface area contributed by atoms with Crippen LogP contribution in [0, 0.1) is 0 Å². The molecule has 0 bridgehead atoms. The number of carbonyl (C=O) groups excluding carboxylic acids is 2. The number of rotatable bonds is 73. The highest BCUT2D eigenvalue weighted by atomic mass is 16.5. The number of hydrogen-bond acceptors (Lipinski definition) is 5. The van der Waals surface area contributed by atoms with E-state index >= 15 is 0 Å². The summed E-state index contributed by atoms with van der Waals surface area (Å²) in [4.78, 5) is 24.7. The van der Waals surface area contributed by atoms with Crippen molar-refractivity contribution < 1.29 is 24.5 Å². The Hall–Kier alpha value is -1.92. The lowest BCUT2D eigenvalue weighted by Crippen LogP contribution is -2.45. The van der Waals surface area contributed by atoms with Gasteiger partial charge in [-0.05, 0) is 83.5 Å². The molecule has 0 aromatic rings. The first-order valence-corrected chi connectivity index (χ1v) is 38.7. The van der Waals surface area contributed by atoms with E-state index in [2.05, 4.69) is 55.6 Å². The minimum atomic E-state index is -0.662. The van der Waals surface area contributed by atoms with Gasteiger partial charge in [0.2, 0.25) is 5.91 Å². The van der Waals surface area contributed by atoms with E-state index in [1.807, 2.05) is 0 Å². The molecule has 0 fully saturated rings. The topological polar surface area (TPSA) is 95.9 Å². The van der Waals surface area contributed by atoms with E-state index in [0.29, 0.717) is 25.9 Å². The number of hydrogen-bond donors (Lipinski definition) is 3. The van der Waals surface area contributed by atoms with Crippen molar-refractivity contribution in [3.63, 3.8) is 0 Å². The first-order chi connectivity index (χ1) is 42.0. The number of esters is 1. The molecule has 0 aromatic carbocycles. The summed E-state index contributed by atoms with van der Waals surface area (Å²) in [7, 11) is 0. The molecule has 6 nitrogen and oxygen atoms in total. The predicted molar refractivity (Wildman–Crippen MR) is 375 cm³/mol. The number of allylic oxidation sites excluding steroid dienone is 6. The van der Waals surface area contributed by atoms with Gasteiger partial charge in [0.25, 0.3) is 0 Å². The highest BCUT2D eigenvalue weighted by Crippen LogP contribution is 2.19. The molecule has 2 unspecified atom stereocenters. The number of amides is 1. The van der Waals surface area contributed by atoms with Crippen molar-refractivity contribution in [2.45, 2.75) is 443 Å². The molecule has 85 heavy (non-hydrogen) atoms. The van der Waals surface area contributed by atoms with Crippen molar-refractivity contribution in [1.82, 2.24) is 5.32 Å². The summed E-state index contributed by atoms with van der Waals surface area (Å²) in [5, 5.41) is 23.4. The van der Waals surface area contributed by atoms with E-state index in [-0.39, 0.29) is 18.5 Å². The van der Waals surface area contributed by atoms with Crippen LogP contribution < -0.4 is 5.32 Å². The Kier molecular flexibility index (Phi) is 72.9. The lowest BCUT2D eigenvalue weighted by atomic mass is 10.0. The van der Waals surface area contributed by atoms with Gasteiger partial charge < -0.3 is 20.3 Å². The fraction of sp³-hybridized carbons (Fsp3) is 0.899. The summed E-state index contributed by atoms with van der Waals surface area (Å²) in [6.45, 7) is 4.97. The van der Waals surface area contributed by atoms with E-state index in [1.165, 1.54) is 347 Å². The minimum absolute atomic E-state index is 0.0156. The van der Waals surface area contributed by atoms with Crippen molar-refractivity contribution in [2.75, 3.05) is 13.2 Å². The van der Waals surface area contributed by atoms with Crippen LogP contribution in [0.15, 0.2) is 36.5 Å². The molecule has 0 saturated heterocycles. The summed E-state index contributed by atoms with van der Waals surface area (Å²) in [6, 6.07) is -0.539. The van der Waals surface area contributed by atoms with Gasteiger partial charge in [0, 0.05) is 12.8 Å². The van der Waals surface area contributed by atoms with Crippen molar-refractivity contribution in [3.8, 4) is 0 Å². The van der Waals surface area contributed by atoms with Crippen molar-refractivity contribution in [1.29, 1.82) is 0 Å². The molecular weight excluding hydrogens is 1040 g/mol. The van der Waals surface area contributed by atoms with Gasteiger partial charge in [0.15, 0.2) is 0 Å². The molecule has 0 heterocycles. The van der Waals surface area contributed by atoms with E-state index in [4.69, 9.17) is 4.74 Å². The largest absolute Gasteiger partial charge is 0.466 e. The maximum Gasteiger partial charge on any atom is 0.305 e. The summed E-state index contributed by atoms with van der Waals surface area (Å²) in [5.74, 6) is -0.0128. The van der Waals surface area contributed by atoms with E-state index < -0.39 is 12.1 Å². The van der Waals surface area contributed by atoms with E-state index in [1.54, 1.807) is 0 Å². The van der Waals surface area contributed by atoms with E-state index in [0.717, 1.165) is 51.4 Å². The first-order valence-electron chi connectivity index (χ1n) is 38.7. The number of aliphatic hydroxyl groups is 2. The third-order valence-corrected chi connectivity index (χ3v) is 18.2. The maximum absolute atomic E-state index is 12.5. The Morgan fingerprint density at radius 1 is 0.329 bits per heavy atom. The molecule has 3 N–H and O–H groups in total. The summed E-state index contributed by atoms with van der Waals surface area (Å²) in [6.07, 6.45) is 96.5. The zero-order chi connectivity index (χ0) is 61.3. The van der Waals surface area contributed by atoms with Gasteiger partial charge in [-0.2, -0.15) is 0 Å². The molecule has 0 aliphatic rings. The molecule has 6 heteroatoms. The van der Waals surface area contributed by atoms with Crippen LogP contribution in [-0.2, 0) is 14.3 Å². The van der Waals surface area contributed by atoms with Crippen LogP contribution in [0.25, 0.3) is 0 Å². The second kappa shape index (κ2) is 74.5. The summed E-state index contributed by atoms with van der Waals surface area (Å²) < 4.78 is 5.51. The van der Waals surface area contributed by atoms with Crippen LogP contribution in [0.5, 0.6) is 0 Å². The Balaban J connectivity index is 3.34. The normalized spacial score (nSPS) is 12.7. The average Bonchev–Trinajstić information content (AvgIpc) is 3.51. The van der Waals surface area contributed by atoms with E-state index in [9.17, 15) is 19.8 Å². The smallest absolute Gasteiger partial charge is 0.305 e. The van der Waals surface area contributed by atoms with Gasteiger partial charge in [-0.3, -0.25) is 9.59 Å². The highest BCUT2D eigenvalue weighted by molar-refractivity contribution is 5.76. The standard InChI is InChI=1S/C79H151NO5/c1-3-5-7-9-11-13-15-17-19-21-37-41-45-49-53-57-61-65-69-73-79(84)85-74-70-66-62-58-54-50-46-42-39-36-34-32-30-28-26-24-22-23-25-27-29-31-33-35-38-40-44-48-52-56-60-64-68-72-78(83)80-76(75-81)77(82)71-67-63-59-55-51-47-43-20-18-16-14-12-10-8-6-4-2/h11,13,17,19,26,28,76-77,81-82H,3-10,12,14-16,18,20-25,27,29-75H2,1-2H3,(H,80,83)/b13-11-,19-17-,28-26-. The molecule has 0 spiro atoms. The Labute approximate surface area is 532 Å². The number of unbranched alkanes of at least 4 members (excludes halogenated alkanes) is 56. The molecule has 0 aromatic heterocycles. The predicted octanol–water partition coefficient (Wildman–Crippen LogP) is 25.4. The van der Waals surface area contributed by atoms with Gasteiger partial charge in [-0.15, -0.1) is 0 Å². The minimum Gasteiger partial charge on any atom is -0.466 e. The average molecular weight is 1200 g/mol. The molecule has 0 aliphatic carbocycles. The van der Waals surface area contributed by atoms with Crippen molar-refractivity contribution in [2.24, 2.45) is 0 Å².